The summed E-state index contributed by atoms with van der Waals surface area (Å²) >= 11 is 0. The molecule has 2 N–H and O–H groups in total. The van der Waals surface area contributed by atoms with Crippen LogP contribution in [0.3, 0.4) is 0 Å². The molecule has 0 amide bonds. The smallest absolute Gasteiger partial charge is 0.336 e. The molecule has 0 radical (unpaired) electrons. The summed E-state index contributed by atoms with van der Waals surface area (Å²) in [7, 11) is 3.21. The van der Waals surface area contributed by atoms with E-state index in [1.54, 1.807) is 43.3 Å². The second kappa shape index (κ2) is 12.4. The third-order valence-electron chi connectivity index (χ3n) is 6.97. The number of carboxylic acids is 1. The van der Waals surface area contributed by atoms with Crippen LogP contribution in [-0.4, -0.2) is 40.2 Å². The highest BCUT2D eigenvalue weighted by molar-refractivity contribution is 5.95. The Hall–Kier alpha value is -4.10. The third-order valence-corrected chi connectivity index (χ3v) is 6.97. The average molecular weight is 515 g/mol. The van der Waals surface area contributed by atoms with Crippen molar-refractivity contribution in [1.82, 2.24) is 9.78 Å². The Morgan fingerprint density at radius 1 is 1.00 bits per heavy atom. The van der Waals surface area contributed by atoms with E-state index in [0.29, 0.717) is 23.6 Å². The Balaban J connectivity index is 1.60. The maximum atomic E-state index is 11.7. The van der Waals surface area contributed by atoms with Crippen molar-refractivity contribution in [3.63, 3.8) is 0 Å². The van der Waals surface area contributed by atoms with Gasteiger partial charge in [0.15, 0.2) is 0 Å². The maximum absolute atomic E-state index is 11.7. The topological polar surface area (TPSA) is 93.8 Å². The summed E-state index contributed by atoms with van der Waals surface area (Å²) in [5.74, 6) is 0.185. The Labute approximate surface area is 223 Å². The van der Waals surface area contributed by atoms with Gasteiger partial charge in [0.25, 0.3) is 0 Å². The van der Waals surface area contributed by atoms with Crippen molar-refractivity contribution in [1.29, 1.82) is 0 Å². The molecule has 0 spiro atoms. The lowest BCUT2D eigenvalue weighted by molar-refractivity contribution is 0.0697. The van der Waals surface area contributed by atoms with Gasteiger partial charge in [-0.2, -0.15) is 5.10 Å². The van der Waals surface area contributed by atoms with Crippen molar-refractivity contribution in [3.05, 3.63) is 101 Å². The molecule has 0 saturated heterocycles. The largest absolute Gasteiger partial charge is 0.496 e. The van der Waals surface area contributed by atoms with E-state index in [0.717, 1.165) is 36.0 Å². The molecule has 0 aliphatic carbocycles. The summed E-state index contributed by atoms with van der Waals surface area (Å²) in [5, 5.41) is 25.7. The zero-order valence-corrected chi connectivity index (χ0v) is 22.0. The lowest BCUT2D eigenvalue weighted by atomic mass is 9.89. The maximum Gasteiger partial charge on any atom is 0.336 e. The molecule has 0 bridgehead atoms. The first-order valence-electron chi connectivity index (χ1n) is 12.7. The molecular formula is C31H34N2O5. The first-order chi connectivity index (χ1) is 18.4. The number of hydrogen-bond acceptors (Lipinski definition) is 5. The zero-order valence-electron chi connectivity index (χ0n) is 22.0. The van der Waals surface area contributed by atoms with Gasteiger partial charge in [-0.1, -0.05) is 48.5 Å². The number of methoxy groups -OCH3 is 2. The lowest BCUT2D eigenvalue weighted by Crippen LogP contribution is -2.20. The minimum absolute atomic E-state index is 0.154. The van der Waals surface area contributed by atoms with E-state index in [1.165, 1.54) is 5.56 Å². The number of nitrogens with zero attached hydrogens (tertiary/aromatic N) is 2. The highest BCUT2D eigenvalue weighted by Crippen LogP contribution is 2.36. The SMILES string of the molecule is COc1cc(C(O)C(CCCc2ccccc2)Cn2cc(-c3ccccc3C(=O)O)cn2)cc(OC)c1C. The number of rotatable bonds is 12. The van der Waals surface area contributed by atoms with E-state index in [-0.39, 0.29) is 11.5 Å². The van der Waals surface area contributed by atoms with E-state index in [2.05, 4.69) is 17.2 Å². The fourth-order valence-electron chi connectivity index (χ4n) is 4.88. The monoisotopic (exact) mass is 514 g/mol. The molecule has 0 aliphatic heterocycles. The number of aryl methyl sites for hydroxylation is 1. The van der Waals surface area contributed by atoms with Crippen LogP contribution in [0.2, 0.25) is 0 Å². The Kier molecular flexibility index (Phi) is 8.81. The molecule has 4 rings (SSSR count). The second-order valence-electron chi connectivity index (χ2n) is 9.43. The van der Waals surface area contributed by atoms with Crippen LogP contribution >= 0.6 is 0 Å². The summed E-state index contributed by atoms with van der Waals surface area (Å²) in [6, 6.07) is 20.9. The highest BCUT2D eigenvalue weighted by atomic mass is 16.5. The molecule has 2 unspecified atom stereocenters. The number of aliphatic hydroxyl groups excluding tert-OH is 1. The number of carbonyl (C=O) groups is 1. The number of benzene rings is 3. The number of aromatic carboxylic acids is 1. The number of carboxylic acid groups (broad SMARTS) is 1. The minimum atomic E-state index is -0.982. The summed E-state index contributed by atoms with van der Waals surface area (Å²) in [6.45, 7) is 2.38. The van der Waals surface area contributed by atoms with Gasteiger partial charge in [0, 0.05) is 29.8 Å². The number of hydrogen-bond donors (Lipinski definition) is 2. The molecule has 7 heteroatoms. The van der Waals surface area contributed by atoms with Crippen LogP contribution in [0.1, 0.15) is 46.0 Å². The molecule has 38 heavy (non-hydrogen) atoms. The second-order valence-corrected chi connectivity index (χ2v) is 9.43. The minimum Gasteiger partial charge on any atom is -0.496 e. The number of ether oxygens (including phenoxy) is 2. The van der Waals surface area contributed by atoms with Crippen LogP contribution in [-0.2, 0) is 13.0 Å². The predicted octanol–water partition coefficient (Wildman–Crippen LogP) is 5.95. The Morgan fingerprint density at radius 3 is 2.32 bits per heavy atom. The van der Waals surface area contributed by atoms with E-state index in [1.807, 2.05) is 49.5 Å². The summed E-state index contributed by atoms with van der Waals surface area (Å²) in [5.41, 5.74) is 4.41. The van der Waals surface area contributed by atoms with Gasteiger partial charge in [0.05, 0.1) is 32.1 Å². The van der Waals surface area contributed by atoms with Gasteiger partial charge in [-0.25, -0.2) is 4.79 Å². The molecule has 0 aliphatic rings. The van der Waals surface area contributed by atoms with Crippen LogP contribution in [0.4, 0.5) is 0 Å². The first kappa shape index (κ1) is 26.9. The van der Waals surface area contributed by atoms with Crippen LogP contribution in [0, 0.1) is 12.8 Å². The molecule has 1 heterocycles. The molecule has 1 aromatic heterocycles. The normalized spacial score (nSPS) is 12.6. The van der Waals surface area contributed by atoms with E-state index >= 15 is 0 Å². The van der Waals surface area contributed by atoms with Crippen LogP contribution in [0.25, 0.3) is 11.1 Å². The van der Waals surface area contributed by atoms with Gasteiger partial charge in [-0.3, -0.25) is 4.68 Å². The zero-order chi connectivity index (χ0) is 27.1. The lowest BCUT2D eigenvalue weighted by Gasteiger charge is -2.25. The predicted molar refractivity (Wildman–Crippen MR) is 147 cm³/mol. The van der Waals surface area contributed by atoms with Gasteiger partial charge in [-0.15, -0.1) is 0 Å². The molecule has 0 fully saturated rings. The fraction of sp³-hybridized carbons (Fsp3) is 0.290. The summed E-state index contributed by atoms with van der Waals surface area (Å²) in [4.78, 5) is 11.7. The molecule has 3 aromatic carbocycles. The van der Waals surface area contributed by atoms with Gasteiger partial charge < -0.3 is 19.7 Å². The Morgan fingerprint density at radius 2 is 1.66 bits per heavy atom. The fourth-order valence-corrected chi connectivity index (χ4v) is 4.88. The Bertz CT molecular complexity index is 1340. The molecular weight excluding hydrogens is 480 g/mol. The average Bonchev–Trinajstić information content (AvgIpc) is 3.41. The summed E-state index contributed by atoms with van der Waals surface area (Å²) in [6.07, 6.45) is 5.29. The van der Waals surface area contributed by atoms with Crippen molar-refractivity contribution in [3.8, 4) is 22.6 Å². The van der Waals surface area contributed by atoms with E-state index in [9.17, 15) is 15.0 Å². The molecule has 7 nitrogen and oxygen atoms in total. The first-order valence-corrected chi connectivity index (χ1v) is 12.7. The van der Waals surface area contributed by atoms with Crippen LogP contribution in [0.5, 0.6) is 11.5 Å². The van der Waals surface area contributed by atoms with Crippen molar-refractivity contribution >= 4 is 5.97 Å². The van der Waals surface area contributed by atoms with Crippen molar-refractivity contribution in [2.45, 2.75) is 38.8 Å². The molecule has 198 valence electrons. The summed E-state index contributed by atoms with van der Waals surface area (Å²) < 4.78 is 12.9. The van der Waals surface area contributed by atoms with Crippen molar-refractivity contribution in [2.24, 2.45) is 5.92 Å². The van der Waals surface area contributed by atoms with Crippen LogP contribution < -0.4 is 9.47 Å². The van der Waals surface area contributed by atoms with E-state index in [4.69, 9.17) is 9.47 Å². The molecule has 4 aromatic rings. The van der Waals surface area contributed by atoms with Crippen LogP contribution in [0.15, 0.2) is 79.1 Å². The van der Waals surface area contributed by atoms with Gasteiger partial charge in [0.1, 0.15) is 11.5 Å². The van der Waals surface area contributed by atoms with Crippen molar-refractivity contribution < 1.29 is 24.5 Å². The van der Waals surface area contributed by atoms with Crippen molar-refractivity contribution in [2.75, 3.05) is 14.2 Å². The highest BCUT2D eigenvalue weighted by Gasteiger charge is 2.24. The number of aliphatic hydroxyl groups is 1. The van der Waals surface area contributed by atoms with Gasteiger partial charge in [0.2, 0.25) is 0 Å². The standard InChI is InChI=1S/C31H34N2O5/c1-21-28(37-2)16-24(17-29(21)38-3)30(34)23(13-9-12-22-10-5-4-6-11-22)19-33-20-25(18-32-33)26-14-7-8-15-27(26)31(35)36/h4-8,10-11,14-18,20,23,30,34H,9,12-13,19H2,1-3H3,(H,35,36). The third kappa shape index (κ3) is 6.23. The number of aromatic nitrogens is 2. The van der Waals surface area contributed by atoms with Gasteiger partial charge in [-0.05, 0) is 61.1 Å². The molecule has 2 atom stereocenters. The quantitative estimate of drug-likeness (QED) is 0.243. The molecule has 0 saturated carbocycles. The van der Waals surface area contributed by atoms with Gasteiger partial charge >= 0.3 is 5.97 Å². The van der Waals surface area contributed by atoms with E-state index < -0.39 is 12.1 Å².